The highest BCUT2D eigenvalue weighted by Gasteiger charge is 2.37. The van der Waals surface area contributed by atoms with Crippen molar-refractivity contribution in [1.82, 2.24) is 4.90 Å². The van der Waals surface area contributed by atoms with E-state index in [0.29, 0.717) is 18.8 Å². The lowest BCUT2D eigenvalue weighted by molar-refractivity contribution is -0.124. The molecule has 0 saturated carbocycles. The molecule has 2 bridgehead atoms. The third-order valence-electron chi connectivity index (χ3n) is 4.46. The van der Waals surface area contributed by atoms with Gasteiger partial charge in [0.15, 0.2) is 0 Å². The molecule has 114 valence electrons. The Balaban J connectivity index is 1.59. The molecule has 0 spiro atoms. The largest absolute Gasteiger partial charge is 0.372 e. The van der Waals surface area contributed by atoms with Crippen LogP contribution in [0.3, 0.4) is 0 Å². The van der Waals surface area contributed by atoms with Crippen LogP contribution in [-0.4, -0.2) is 42.1 Å². The number of benzene rings is 1. The summed E-state index contributed by atoms with van der Waals surface area (Å²) in [6.07, 6.45) is 2.86. The number of morpholine rings is 1. The number of ether oxygens (including phenoxy) is 1. The third-order valence-corrected chi connectivity index (χ3v) is 4.46. The Bertz CT molecular complexity index is 491. The van der Waals surface area contributed by atoms with Crippen LogP contribution in [0.4, 0.5) is 5.69 Å². The number of fused-ring (bicyclic) bond motifs is 2. The maximum absolute atomic E-state index is 12.4. The summed E-state index contributed by atoms with van der Waals surface area (Å²) in [6, 6.07) is 7.54. The van der Waals surface area contributed by atoms with Crippen molar-refractivity contribution in [1.29, 1.82) is 0 Å². The fourth-order valence-corrected chi connectivity index (χ4v) is 3.10. The molecular formula is C16H23N3O2. The van der Waals surface area contributed by atoms with Crippen LogP contribution in [-0.2, 0) is 16.1 Å². The van der Waals surface area contributed by atoms with Crippen molar-refractivity contribution in [3.05, 3.63) is 29.8 Å². The third kappa shape index (κ3) is 3.26. The van der Waals surface area contributed by atoms with Crippen molar-refractivity contribution < 1.29 is 9.53 Å². The number of rotatable bonds is 4. The van der Waals surface area contributed by atoms with Gasteiger partial charge in [0.05, 0.1) is 18.2 Å². The van der Waals surface area contributed by atoms with Crippen LogP contribution in [0.25, 0.3) is 0 Å². The number of nitrogens with two attached hydrogens (primary N) is 1. The first kappa shape index (κ1) is 14.5. The van der Waals surface area contributed by atoms with E-state index in [2.05, 4.69) is 10.2 Å². The Morgan fingerprint density at radius 2 is 1.95 bits per heavy atom. The Morgan fingerprint density at radius 3 is 2.52 bits per heavy atom. The first-order chi connectivity index (χ1) is 10.2. The normalized spacial score (nSPS) is 26.6. The molecule has 5 nitrogen and oxygen atoms in total. The highest BCUT2D eigenvalue weighted by Crippen LogP contribution is 2.27. The number of carbonyl (C=O) groups excluding carboxylic acids is 1. The molecule has 2 aliphatic rings. The van der Waals surface area contributed by atoms with Gasteiger partial charge in [0.1, 0.15) is 0 Å². The number of amides is 1. The lowest BCUT2D eigenvalue weighted by atomic mass is 10.2. The molecule has 0 radical (unpaired) electrons. The zero-order valence-electron chi connectivity index (χ0n) is 12.4. The second-order valence-electron chi connectivity index (χ2n) is 5.98. The Labute approximate surface area is 125 Å². The second-order valence-corrected chi connectivity index (χ2v) is 5.98. The first-order valence-electron chi connectivity index (χ1n) is 7.65. The van der Waals surface area contributed by atoms with Gasteiger partial charge in [-0.05, 0) is 37.5 Å². The average Bonchev–Trinajstić information content (AvgIpc) is 2.85. The number of carbonyl (C=O) groups is 1. The van der Waals surface area contributed by atoms with E-state index in [1.54, 1.807) is 0 Å². The molecule has 2 aliphatic heterocycles. The van der Waals surface area contributed by atoms with Crippen molar-refractivity contribution in [3.63, 3.8) is 0 Å². The minimum Gasteiger partial charge on any atom is -0.372 e. The van der Waals surface area contributed by atoms with Gasteiger partial charge in [-0.1, -0.05) is 12.1 Å². The molecule has 0 aromatic heterocycles. The molecular weight excluding hydrogens is 266 g/mol. The van der Waals surface area contributed by atoms with Crippen molar-refractivity contribution in [2.45, 2.75) is 44.6 Å². The number of anilines is 1. The van der Waals surface area contributed by atoms with Gasteiger partial charge >= 0.3 is 0 Å². The summed E-state index contributed by atoms with van der Waals surface area (Å²) >= 11 is 0. The maximum atomic E-state index is 12.4. The fourth-order valence-electron chi connectivity index (χ4n) is 3.10. The van der Waals surface area contributed by atoms with Crippen molar-refractivity contribution in [2.75, 3.05) is 18.4 Å². The second kappa shape index (κ2) is 6.13. The van der Waals surface area contributed by atoms with Crippen LogP contribution in [0.15, 0.2) is 24.3 Å². The van der Waals surface area contributed by atoms with Crippen LogP contribution < -0.4 is 11.1 Å². The summed E-state index contributed by atoms with van der Waals surface area (Å²) in [5, 5.41) is 2.98. The van der Waals surface area contributed by atoms with Gasteiger partial charge in [-0.3, -0.25) is 9.69 Å². The van der Waals surface area contributed by atoms with Crippen molar-refractivity contribution in [2.24, 2.45) is 5.73 Å². The zero-order chi connectivity index (χ0) is 14.8. The van der Waals surface area contributed by atoms with E-state index in [0.717, 1.165) is 37.2 Å². The van der Waals surface area contributed by atoms with Gasteiger partial charge in [-0.2, -0.15) is 0 Å². The van der Waals surface area contributed by atoms with Crippen molar-refractivity contribution in [3.8, 4) is 0 Å². The van der Waals surface area contributed by atoms with E-state index in [9.17, 15) is 4.79 Å². The molecule has 2 saturated heterocycles. The maximum Gasteiger partial charge on any atom is 0.241 e. The van der Waals surface area contributed by atoms with Gasteiger partial charge in [-0.15, -0.1) is 0 Å². The molecule has 2 fully saturated rings. The van der Waals surface area contributed by atoms with Crippen molar-refractivity contribution >= 4 is 11.6 Å². The Hall–Kier alpha value is -1.43. The summed E-state index contributed by atoms with van der Waals surface area (Å²) in [7, 11) is 0. The lowest BCUT2D eigenvalue weighted by Gasteiger charge is -2.35. The van der Waals surface area contributed by atoms with Crippen LogP contribution in [0.1, 0.15) is 25.3 Å². The number of likely N-dealkylation sites (tertiary alicyclic amines) is 1. The molecule has 3 rings (SSSR count). The minimum absolute atomic E-state index is 0.0387. The summed E-state index contributed by atoms with van der Waals surface area (Å²) in [5.41, 5.74) is 7.45. The van der Waals surface area contributed by atoms with Gasteiger partial charge < -0.3 is 15.8 Å². The molecule has 5 heteroatoms. The molecule has 0 aliphatic carbocycles. The molecule has 21 heavy (non-hydrogen) atoms. The SMILES string of the molecule is CC(C(=O)Nc1ccc(CN)cc1)N1CC2CCC(C1)O2. The van der Waals surface area contributed by atoms with E-state index in [1.807, 2.05) is 31.2 Å². The van der Waals surface area contributed by atoms with E-state index < -0.39 is 0 Å². The summed E-state index contributed by atoms with van der Waals surface area (Å²) in [5.74, 6) is 0.0387. The molecule has 1 aromatic carbocycles. The summed E-state index contributed by atoms with van der Waals surface area (Å²) in [4.78, 5) is 14.6. The molecule has 3 unspecified atom stereocenters. The number of hydrogen-bond acceptors (Lipinski definition) is 4. The quantitative estimate of drug-likeness (QED) is 0.877. The molecule has 2 heterocycles. The van der Waals surface area contributed by atoms with Gasteiger partial charge in [-0.25, -0.2) is 0 Å². The number of nitrogens with one attached hydrogen (secondary N) is 1. The van der Waals surface area contributed by atoms with E-state index in [-0.39, 0.29) is 11.9 Å². The van der Waals surface area contributed by atoms with E-state index in [4.69, 9.17) is 10.5 Å². The van der Waals surface area contributed by atoms with Crippen LogP contribution >= 0.6 is 0 Å². The molecule has 3 atom stereocenters. The molecule has 1 amide bonds. The molecule has 1 aromatic rings. The van der Waals surface area contributed by atoms with Crippen LogP contribution in [0.2, 0.25) is 0 Å². The number of nitrogens with zero attached hydrogens (tertiary/aromatic N) is 1. The average molecular weight is 289 g/mol. The summed E-state index contributed by atoms with van der Waals surface area (Å²) < 4.78 is 5.82. The fraction of sp³-hybridized carbons (Fsp3) is 0.562. The standard InChI is InChI=1S/C16H23N3O2/c1-11(19-9-14-6-7-15(10-19)21-14)16(20)18-13-4-2-12(8-17)3-5-13/h2-5,11,14-15H,6-10,17H2,1H3,(H,18,20). The van der Waals surface area contributed by atoms with Gasteiger partial charge in [0.25, 0.3) is 0 Å². The summed E-state index contributed by atoms with van der Waals surface area (Å²) in [6.45, 7) is 4.20. The number of hydrogen-bond donors (Lipinski definition) is 2. The van der Waals surface area contributed by atoms with Gasteiger partial charge in [0.2, 0.25) is 5.91 Å². The van der Waals surface area contributed by atoms with E-state index >= 15 is 0 Å². The van der Waals surface area contributed by atoms with Crippen LogP contribution in [0.5, 0.6) is 0 Å². The van der Waals surface area contributed by atoms with Gasteiger partial charge in [0, 0.05) is 25.3 Å². The lowest BCUT2D eigenvalue weighted by Crippen LogP contribution is -2.51. The predicted octanol–water partition coefficient (Wildman–Crippen LogP) is 1.34. The minimum atomic E-state index is -0.133. The predicted molar refractivity (Wildman–Crippen MR) is 81.9 cm³/mol. The highest BCUT2D eigenvalue weighted by molar-refractivity contribution is 5.94. The monoisotopic (exact) mass is 289 g/mol. The Kier molecular flexibility index (Phi) is 4.24. The smallest absolute Gasteiger partial charge is 0.241 e. The molecule has 3 N–H and O–H groups in total. The topological polar surface area (TPSA) is 67.6 Å². The van der Waals surface area contributed by atoms with E-state index in [1.165, 1.54) is 0 Å². The first-order valence-corrected chi connectivity index (χ1v) is 7.65. The zero-order valence-corrected chi connectivity index (χ0v) is 12.4. The Morgan fingerprint density at radius 1 is 1.33 bits per heavy atom. The highest BCUT2D eigenvalue weighted by atomic mass is 16.5. The van der Waals surface area contributed by atoms with Crippen LogP contribution in [0, 0.1) is 0 Å².